The lowest BCUT2D eigenvalue weighted by molar-refractivity contribution is 0.517. The van der Waals surface area contributed by atoms with Crippen molar-refractivity contribution in [3.8, 4) is 43.4 Å². The molecule has 212 valence electrons. The Hall–Kier alpha value is -3.60. The van der Waals surface area contributed by atoms with Gasteiger partial charge in [0.15, 0.2) is 0 Å². The van der Waals surface area contributed by atoms with Crippen LogP contribution in [0, 0.1) is 0 Å². The lowest BCUT2D eigenvalue weighted by Gasteiger charge is -2.20. The molecule has 0 amide bonds. The van der Waals surface area contributed by atoms with Gasteiger partial charge in [0.2, 0.25) is 0 Å². The minimum Gasteiger partial charge on any atom is -0.243 e. The highest BCUT2D eigenvalue weighted by atomic mass is 32.1. The van der Waals surface area contributed by atoms with E-state index in [4.69, 9.17) is 9.97 Å². The van der Waals surface area contributed by atoms with Crippen LogP contribution in [-0.4, -0.2) is 9.97 Å². The smallest absolute Gasteiger partial charge is 0.0988 e. The van der Waals surface area contributed by atoms with E-state index in [1.54, 1.807) is 0 Å². The van der Waals surface area contributed by atoms with E-state index in [9.17, 15) is 0 Å². The Balaban J connectivity index is 1.66. The van der Waals surface area contributed by atoms with Crippen LogP contribution in [0.2, 0.25) is 0 Å². The zero-order valence-corrected chi connectivity index (χ0v) is 27.0. The van der Waals surface area contributed by atoms with Gasteiger partial charge in [-0.15, -0.1) is 22.7 Å². The van der Waals surface area contributed by atoms with E-state index in [1.165, 1.54) is 19.5 Å². The Bertz CT molecular complexity index is 1710. The normalized spacial score (nSPS) is 12.2. The molecule has 0 fully saturated rings. The van der Waals surface area contributed by atoms with Gasteiger partial charge in [-0.1, -0.05) is 114 Å². The van der Waals surface area contributed by atoms with Crippen molar-refractivity contribution in [3.05, 3.63) is 107 Å². The van der Waals surface area contributed by atoms with Crippen LogP contribution in [0.1, 0.15) is 64.1 Å². The molecular formula is C38H38N2S2. The predicted octanol–water partition coefficient (Wildman–Crippen LogP) is 11.8. The molecule has 3 aromatic carbocycles. The van der Waals surface area contributed by atoms with Crippen molar-refractivity contribution in [2.24, 2.45) is 0 Å². The fraction of sp³-hybridized carbons (Fsp3) is 0.263. The number of hydrogen-bond acceptors (Lipinski definition) is 4. The van der Waals surface area contributed by atoms with Crippen molar-refractivity contribution in [2.75, 3.05) is 0 Å². The summed E-state index contributed by atoms with van der Waals surface area (Å²) in [5, 5.41) is 0. The molecule has 0 aliphatic heterocycles. The summed E-state index contributed by atoms with van der Waals surface area (Å²) in [6, 6.07) is 34.6. The Kier molecular flexibility index (Phi) is 7.63. The van der Waals surface area contributed by atoms with Gasteiger partial charge in [-0.25, -0.2) is 9.97 Å². The first-order valence-electron chi connectivity index (χ1n) is 14.9. The Morgan fingerprint density at radius 2 is 0.881 bits per heavy atom. The number of benzene rings is 3. The van der Waals surface area contributed by atoms with Crippen LogP contribution in [0.5, 0.6) is 0 Å². The van der Waals surface area contributed by atoms with Gasteiger partial charge >= 0.3 is 0 Å². The standard InChI is InChI=1S/C38H38N2S2/c1-7-37(3,4)31-23-21-29(41-31)27-19-20-28(30-22-24-32(42-30)38(5,6)8-2)36-35(27)39-33(25-15-11-9-12-16-25)34(40-36)26-17-13-10-14-18-26/h9-24H,7-8H2,1-6H3. The second kappa shape index (κ2) is 11.2. The molecule has 0 aliphatic rings. The summed E-state index contributed by atoms with van der Waals surface area (Å²) in [7, 11) is 0. The lowest BCUT2D eigenvalue weighted by atomic mass is 9.88. The molecule has 0 radical (unpaired) electrons. The molecule has 6 aromatic rings. The highest BCUT2D eigenvalue weighted by Crippen LogP contribution is 2.44. The van der Waals surface area contributed by atoms with Crippen molar-refractivity contribution in [1.29, 1.82) is 0 Å². The minimum absolute atomic E-state index is 0.138. The van der Waals surface area contributed by atoms with Crippen LogP contribution < -0.4 is 0 Å². The van der Waals surface area contributed by atoms with E-state index in [0.717, 1.165) is 57.5 Å². The fourth-order valence-corrected chi connectivity index (χ4v) is 7.58. The molecule has 0 saturated carbocycles. The monoisotopic (exact) mass is 586 g/mol. The quantitative estimate of drug-likeness (QED) is 0.177. The third kappa shape index (κ3) is 5.23. The molecule has 2 nitrogen and oxygen atoms in total. The lowest BCUT2D eigenvalue weighted by Crippen LogP contribution is -2.12. The van der Waals surface area contributed by atoms with E-state index >= 15 is 0 Å². The van der Waals surface area contributed by atoms with Gasteiger partial charge in [0.05, 0.1) is 22.4 Å². The SMILES string of the molecule is CCC(C)(C)c1ccc(-c2ccc(-c3ccc(C(C)(C)CC)s3)c3nc(-c4ccccc4)c(-c4ccccc4)nc23)s1. The maximum Gasteiger partial charge on any atom is 0.0988 e. The van der Waals surface area contributed by atoms with Crippen molar-refractivity contribution >= 4 is 33.7 Å². The van der Waals surface area contributed by atoms with Gasteiger partial charge in [-0.2, -0.15) is 0 Å². The zero-order chi connectivity index (χ0) is 29.5. The number of rotatable bonds is 8. The number of nitrogens with zero attached hydrogens (tertiary/aromatic N) is 2. The number of aromatic nitrogens is 2. The van der Waals surface area contributed by atoms with Crippen LogP contribution in [0.25, 0.3) is 54.4 Å². The summed E-state index contributed by atoms with van der Waals surface area (Å²) < 4.78 is 0. The Morgan fingerprint density at radius 1 is 0.500 bits per heavy atom. The number of thiophene rings is 2. The van der Waals surface area contributed by atoms with Crippen LogP contribution in [0.15, 0.2) is 97.1 Å². The van der Waals surface area contributed by atoms with Crippen LogP contribution in [0.4, 0.5) is 0 Å². The van der Waals surface area contributed by atoms with Crippen molar-refractivity contribution in [1.82, 2.24) is 9.97 Å². The van der Waals surface area contributed by atoms with Crippen molar-refractivity contribution < 1.29 is 0 Å². The van der Waals surface area contributed by atoms with Crippen molar-refractivity contribution in [3.63, 3.8) is 0 Å². The maximum atomic E-state index is 5.50. The Labute approximate surface area is 258 Å². The van der Waals surface area contributed by atoms with Gasteiger partial charge in [0, 0.05) is 41.8 Å². The average molecular weight is 587 g/mol. The molecule has 4 heteroatoms. The molecule has 3 aromatic heterocycles. The summed E-state index contributed by atoms with van der Waals surface area (Å²) in [5.74, 6) is 0. The van der Waals surface area contributed by atoms with Gasteiger partial charge in [-0.05, 0) is 47.9 Å². The maximum absolute atomic E-state index is 5.50. The molecule has 0 spiro atoms. The summed E-state index contributed by atoms with van der Waals surface area (Å²) in [6.07, 6.45) is 2.19. The molecule has 0 aliphatic carbocycles. The highest BCUT2D eigenvalue weighted by molar-refractivity contribution is 7.16. The molecule has 0 bridgehead atoms. The first kappa shape index (κ1) is 28.5. The van der Waals surface area contributed by atoms with Crippen LogP contribution in [-0.2, 0) is 10.8 Å². The zero-order valence-electron chi connectivity index (χ0n) is 25.4. The van der Waals surface area contributed by atoms with Gasteiger partial charge < -0.3 is 0 Å². The second-order valence-electron chi connectivity index (χ2n) is 12.3. The predicted molar refractivity (Wildman–Crippen MR) is 184 cm³/mol. The van der Waals surface area contributed by atoms with Gasteiger partial charge in [-0.3, -0.25) is 0 Å². The molecule has 0 N–H and O–H groups in total. The molecule has 0 unspecified atom stereocenters. The number of hydrogen-bond donors (Lipinski definition) is 0. The highest BCUT2D eigenvalue weighted by Gasteiger charge is 2.25. The third-order valence-corrected chi connectivity index (χ3v) is 11.7. The molecule has 3 heterocycles. The first-order chi connectivity index (χ1) is 20.2. The van der Waals surface area contributed by atoms with Crippen LogP contribution >= 0.6 is 22.7 Å². The van der Waals surface area contributed by atoms with Crippen LogP contribution in [0.3, 0.4) is 0 Å². The number of fused-ring (bicyclic) bond motifs is 1. The summed E-state index contributed by atoms with van der Waals surface area (Å²) in [4.78, 5) is 16.3. The van der Waals surface area contributed by atoms with E-state index in [2.05, 4.69) is 139 Å². The van der Waals surface area contributed by atoms with E-state index in [0.29, 0.717) is 0 Å². The third-order valence-electron chi connectivity index (χ3n) is 8.76. The first-order valence-corrected chi connectivity index (χ1v) is 16.5. The molecule has 6 rings (SSSR count). The Morgan fingerprint density at radius 3 is 1.24 bits per heavy atom. The molecule has 42 heavy (non-hydrogen) atoms. The van der Waals surface area contributed by atoms with E-state index in [-0.39, 0.29) is 10.8 Å². The average Bonchev–Trinajstić information content (AvgIpc) is 3.73. The largest absolute Gasteiger partial charge is 0.243 e. The fourth-order valence-electron chi connectivity index (χ4n) is 5.17. The minimum atomic E-state index is 0.138. The van der Waals surface area contributed by atoms with E-state index in [1.807, 2.05) is 22.7 Å². The molecule has 0 atom stereocenters. The topological polar surface area (TPSA) is 25.8 Å². The van der Waals surface area contributed by atoms with Gasteiger partial charge in [0.1, 0.15) is 0 Å². The van der Waals surface area contributed by atoms with Crippen molar-refractivity contribution in [2.45, 2.75) is 65.2 Å². The van der Waals surface area contributed by atoms with Gasteiger partial charge in [0.25, 0.3) is 0 Å². The second-order valence-corrected chi connectivity index (χ2v) is 14.5. The summed E-state index contributed by atoms with van der Waals surface area (Å²) >= 11 is 3.76. The molecule has 0 saturated heterocycles. The van der Waals surface area contributed by atoms with E-state index < -0.39 is 0 Å². The summed E-state index contributed by atoms with van der Waals surface area (Å²) in [5.41, 5.74) is 8.46. The molecular weight excluding hydrogens is 549 g/mol. The summed E-state index contributed by atoms with van der Waals surface area (Å²) in [6.45, 7) is 13.8.